The normalized spacial score (nSPS) is 22.5. The topological polar surface area (TPSA) is 55.6 Å². The maximum absolute atomic E-state index is 13.4. The van der Waals surface area contributed by atoms with Crippen molar-refractivity contribution in [3.05, 3.63) is 35.4 Å². The first kappa shape index (κ1) is 16.7. The molecule has 6 heteroatoms. The first-order chi connectivity index (χ1) is 10.2. The third-order valence-electron chi connectivity index (χ3n) is 3.68. The Kier molecular flexibility index (Phi) is 4.70. The van der Waals surface area contributed by atoms with Crippen LogP contribution in [0.4, 0.5) is 13.6 Å². The highest BCUT2D eigenvalue weighted by Crippen LogP contribution is 2.29. The Bertz CT molecular complexity index is 558. The molecule has 122 valence electrons. The van der Waals surface area contributed by atoms with Crippen molar-refractivity contribution in [2.75, 3.05) is 13.1 Å². The number of piperidine rings is 1. The predicted octanol–water partition coefficient (Wildman–Crippen LogP) is 3.02. The summed E-state index contributed by atoms with van der Waals surface area (Å²) in [5.41, 5.74) is 6.23. The molecule has 2 rings (SSSR count). The molecule has 0 spiro atoms. The van der Waals surface area contributed by atoms with Gasteiger partial charge in [0, 0.05) is 25.0 Å². The van der Waals surface area contributed by atoms with Crippen LogP contribution in [0.1, 0.15) is 38.7 Å². The van der Waals surface area contributed by atoms with E-state index in [9.17, 15) is 13.6 Å². The fourth-order valence-corrected chi connectivity index (χ4v) is 2.63. The van der Waals surface area contributed by atoms with Crippen molar-refractivity contribution in [2.45, 2.75) is 44.8 Å². The van der Waals surface area contributed by atoms with Gasteiger partial charge in [-0.25, -0.2) is 13.6 Å². The zero-order valence-corrected chi connectivity index (χ0v) is 13.1. The summed E-state index contributed by atoms with van der Waals surface area (Å²) >= 11 is 0. The number of nitrogens with two attached hydrogens (primary N) is 1. The minimum Gasteiger partial charge on any atom is -0.444 e. The van der Waals surface area contributed by atoms with Crippen LogP contribution in [-0.4, -0.2) is 35.7 Å². The molecule has 0 aromatic heterocycles. The lowest BCUT2D eigenvalue weighted by atomic mass is 9.86. The molecular formula is C16H22F2N2O2. The van der Waals surface area contributed by atoms with Gasteiger partial charge in [-0.05, 0) is 44.9 Å². The van der Waals surface area contributed by atoms with Gasteiger partial charge in [-0.2, -0.15) is 0 Å². The molecule has 1 fully saturated rings. The van der Waals surface area contributed by atoms with Crippen LogP contribution in [0.3, 0.4) is 0 Å². The number of halogens is 2. The van der Waals surface area contributed by atoms with E-state index < -0.39 is 23.3 Å². The summed E-state index contributed by atoms with van der Waals surface area (Å²) in [5, 5.41) is 0. The minimum atomic E-state index is -0.876. The van der Waals surface area contributed by atoms with E-state index in [1.165, 1.54) is 6.07 Å². The number of amides is 1. The lowest BCUT2D eigenvalue weighted by molar-refractivity contribution is 0.0186. The first-order valence-electron chi connectivity index (χ1n) is 7.36. The number of ether oxygens (including phenoxy) is 1. The Hall–Kier alpha value is -1.69. The van der Waals surface area contributed by atoms with Crippen molar-refractivity contribution in [3.8, 4) is 0 Å². The molecule has 1 amide bonds. The second kappa shape index (κ2) is 6.20. The van der Waals surface area contributed by atoms with Crippen molar-refractivity contribution in [2.24, 2.45) is 5.73 Å². The van der Waals surface area contributed by atoms with Gasteiger partial charge in [0.15, 0.2) is 11.6 Å². The van der Waals surface area contributed by atoms with Crippen LogP contribution in [0, 0.1) is 11.6 Å². The highest BCUT2D eigenvalue weighted by molar-refractivity contribution is 5.68. The largest absolute Gasteiger partial charge is 0.444 e. The van der Waals surface area contributed by atoms with Gasteiger partial charge in [-0.3, -0.25) is 0 Å². The van der Waals surface area contributed by atoms with Crippen LogP contribution in [0.25, 0.3) is 0 Å². The zero-order valence-electron chi connectivity index (χ0n) is 13.1. The van der Waals surface area contributed by atoms with Crippen LogP contribution >= 0.6 is 0 Å². The molecule has 0 bridgehead atoms. The van der Waals surface area contributed by atoms with Crippen molar-refractivity contribution >= 4 is 6.09 Å². The van der Waals surface area contributed by atoms with Crippen LogP contribution in [0.5, 0.6) is 0 Å². The molecule has 1 aliphatic heterocycles. The molecule has 22 heavy (non-hydrogen) atoms. The van der Waals surface area contributed by atoms with Gasteiger partial charge in [0.2, 0.25) is 0 Å². The molecule has 1 aromatic rings. The zero-order chi connectivity index (χ0) is 16.5. The molecule has 2 atom stereocenters. The van der Waals surface area contributed by atoms with E-state index in [4.69, 9.17) is 10.5 Å². The van der Waals surface area contributed by atoms with E-state index in [1.807, 2.05) is 0 Å². The Labute approximate surface area is 129 Å². The second-order valence-electron chi connectivity index (χ2n) is 6.66. The SMILES string of the molecule is CC(C)(C)OC(=O)N1CC[C@H](c2ccc(F)c(F)c2)[C@H](N)C1. The van der Waals surface area contributed by atoms with Crippen LogP contribution in [-0.2, 0) is 4.74 Å². The molecule has 1 aromatic carbocycles. The summed E-state index contributed by atoms with van der Waals surface area (Å²) in [6.07, 6.45) is 0.192. The summed E-state index contributed by atoms with van der Waals surface area (Å²) in [4.78, 5) is 13.6. The molecule has 2 N–H and O–H groups in total. The van der Waals surface area contributed by atoms with Crippen LogP contribution in [0.2, 0.25) is 0 Å². The Morgan fingerprint density at radius 1 is 1.32 bits per heavy atom. The van der Waals surface area contributed by atoms with Crippen LogP contribution < -0.4 is 5.73 Å². The number of benzene rings is 1. The predicted molar refractivity (Wildman–Crippen MR) is 79.5 cm³/mol. The number of carbonyl (C=O) groups excluding carboxylic acids is 1. The Morgan fingerprint density at radius 3 is 2.55 bits per heavy atom. The molecule has 1 heterocycles. The monoisotopic (exact) mass is 312 g/mol. The van der Waals surface area contributed by atoms with E-state index >= 15 is 0 Å². The molecule has 0 unspecified atom stereocenters. The van der Waals surface area contributed by atoms with E-state index in [0.717, 1.165) is 6.07 Å². The van der Waals surface area contributed by atoms with Gasteiger partial charge in [0.25, 0.3) is 0 Å². The maximum Gasteiger partial charge on any atom is 0.410 e. The molecule has 4 nitrogen and oxygen atoms in total. The number of hydrogen-bond donors (Lipinski definition) is 1. The van der Waals surface area contributed by atoms with Crippen LogP contribution in [0.15, 0.2) is 18.2 Å². The average molecular weight is 312 g/mol. The molecule has 1 saturated heterocycles. The number of nitrogens with zero attached hydrogens (tertiary/aromatic N) is 1. The average Bonchev–Trinajstić information content (AvgIpc) is 2.40. The van der Waals surface area contributed by atoms with Crippen molar-refractivity contribution in [1.29, 1.82) is 0 Å². The number of likely N-dealkylation sites (tertiary alicyclic amines) is 1. The lowest BCUT2D eigenvalue weighted by Crippen LogP contribution is -2.50. The fourth-order valence-electron chi connectivity index (χ4n) is 2.63. The van der Waals surface area contributed by atoms with Gasteiger partial charge in [0.1, 0.15) is 5.60 Å². The quantitative estimate of drug-likeness (QED) is 0.867. The van der Waals surface area contributed by atoms with Crippen molar-refractivity contribution in [3.63, 3.8) is 0 Å². The third-order valence-corrected chi connectivity index (χ3v) is 3.68. The number of hydrogen-bond acceptors (Lipinski definition) is 3. The molecular weight excluding hydrogens is 290 g/mol. The summed E-state index contributed by atoms with van der Waals surface area (Å²) < 4.78 is 31.7. The van der Waals surface area contributed by atoms with E-state index in [-0.39, 0.29) is 12.0 Å². The van der Waals surface area contributed by atoms with E-state index in [0.29, 0.717) is 25.1 Å². The molecule has 1 aliphatic rings. The molecule has 0 saturated carbocycles. The van der Waals surface area contributed by atoms with Gasteiger partial charge < -0.3 is 15.4 Å². The summed E-state index contributed by atoms with van der Waals surface area (Å²) in [6, 6.07) is 3.50. The molecule has 0 radical (unpaired) electrons. The van der Waals surface area contributed by atoms with Gasteiger partial charge in [-0.15, -0.1) is 0 Å². The van der Waals surface area contributed by atoms with E-state index in [1.54, 1.807) is 31.7 Å². The maximum atomic E-state index is 13.4. The second-order valence-corrected chi connectivity index (χ2v) is 6.66. The first-order valence-corrected chi connectivity index (χ1v) is 7.36. The van der Waals surface area contributed by atoms with Crippen molar-refractivity contribution in [1.82, 2.24) is 4.90 Å². The standard InChI is InChI=1S/C16H22F2N2O2/c1-16(2,3)22-15(21)20-7-6-11(14(19)9-20)10-4-5-12(17)13(18)8-10/h4-5,8,11,14H,6-7,9,19H2,1-3H3/t11-,14-/m1/s1. The lowest BCUT2D eigenvalue weighted by Gasteiger charge is -2.37. The minimum absolute atomic E-state index is 0.103. The summed E-state index contributed by atoms with van der Waals surface area (Å²) in [5.74, 6) is -1.85. The van der Waals surface area contributed by atoms with E-state index in [2.05, 4.69) is 0 Å². The van der Waals surface area contributed by atoms with Crippen molar-refractivity contribution < 1.29 is 18.3 Å². The smallest absolute Gasteiger partial charge is 0.410 e. The molecule has 0 aliphatic carbocycles. The van der Waals surface area contributed by atoms with Gasteiger partial charge in [0.05, 0.1) is 0 Å². The van der Waals surface area contributed by atoms with Gasteiger partial charge >= 0.3 is 6.09 Å². The third kappa shape index (κ3) is 3.94. The number of rotatable bonds is 1. The highest BCUT2D eigenvalue weighted by atomic mass is 19.2. The fraction of sp³-hybridized carbons (Fsp3) is 0.562. The number of carbonyl (C=O) groups is 1. The summed E-state index contributed by atoms with van der Waals surface area (Å²) in [7, 11) is 0. The van der Waals surface area contributed by atoms with Gasteiger partial charge in [-0.1, -0.05) is 6.07 Å². The Balaban J connectivity index is 2.03. The summed E-state index contributed by atoms with van der Waals surface area (Å²) in [6.45, 7) is 6.22. The highest BCUT2D eigenvalue weighted by Gasteiger charge is 2.32. The Morgan fingerprint density at radius 2 is 2.00 bits per heavy atom.